The van der Waals surface area contributed by atoms with E-state index < -0.39 is 57.0 Å². The number of benzene rings is 1. The lowest BCUT2D eigenvalue weighted by atomic mass is 10.2. The Morgan fingerprint density at radius 1 is 1.18 bits per heavy atom. The Balaban J connectivity index is 1.75. The van der Waals surface area contributed by atoms with E-state index in [0.717, 1.165) is 11.0 Å². The first kappa shape index (κ1) is 26.6. The van der Waals surface area contributed by atoms with E-state index in [1.54, 1.807) is 0 Å². The summed E-state index contributed by atoms with van der Waals surface area (Å²) in [6.07, 6.45) is -3.68. The van der Waals surface area contributed by atoms with Crippen LogP contribution in [0.2, 0.25) is 5.02 Å². The quantitative estimate of drug-likeness (QED) is 0.544. The van der Waals surface area contributed by atoms with Gasteiger partial charge in [0.15, 0.2) is 0 Å². The van der Waals surface area contributed by atoms with Crippen LogP contribution in [0.25, 0.3) is 5.73 Å². The summed E-state index contributed by atoms with van der Waals surface area (Å²) in [5.74, 6) is -2.09. The normalized spacial score (nSPS) is 19.1. The zero-order chi connectivity index (χ0) is 25.3. The summed E-state index contributed by atoms with van der Waals surface area (Å²) in [7, 11) is -4.60. The molecule has 34 heavy (non-hydrogen) atoms. The summed E-state index contributed by atoms with van der Waals surface area (Å²) in [5, 5.41) is -0.402. The van der Waals surface area contributed by atoms with Crippen molar-refractivity contribution in [1.82, 2.24) is 14.5 Å². The second-order valence-electron chi connectivity index (χ2n) is 7.98. The van der Waals surface area contributed by atoms with E-state index in [-0.39, 0.29) is 50.7 Å². The van der Waals surface area contributed by atoms with Crippen molar-refractivity contribution in [2.24, 2.45) is 0 Å². The zero-order valence-corrected chi connectivity index (χ0v) is 19.4. The van der Waals surface area contributed by atoms with Gasteiger partial charge in [-0.2, -0.15) is 13.2 Å². The largest absolute Gasteiger partial charge is 0.676 e. The maximum atomic E-state index is 14.3. The second kappa shape index (κ2) is 10.3. The molecule has 1 atom stereocenters. The number of nitrogens with zero attached hydrogens (tertiary/aromatic N) is 3. The Hall–Kier alpha value is -2.00. The third-order valence-corrected chi connectivity index (χ3v) is 7.53. The van der Waals surface area contributed by atoms with Crippen LogP contribution in [-0.4, -0.2) is 88.1 Å². The van der Waals surface area contributed by atoms with E-state index in [9.17, 15) is 35.6 Å². The van der Waals surface area contributed by atoms with Gasteiger partial charge in [-0.1, -0.05) is 11.6 Å². The number of hydrogen-bond donors (Lipinski definition) is 1. The molecule has 2 saturated heterocycles. The molecule has 2 N–H and O–H groups in total. The van der Waals surface area contributed by atoms with Crippen LogP contribution < -0.4 is 9.62 Å². The monoisotopic (exact) mass is 528 g/mol. The molecule has 0 spiro atoms. The highest BCUT2D eigenvalue weighted by Crippen LogP contribution is 2.35. The summed E-state index contributed by atoms with van der Waals surface area (Å²) >= 11 is 6.22. The first-order valence-electron chi connectivity index (χ1n) is 10.4. The van der Waals surface area contributed by atoms with Crippen molar-refractivity contribution < 1.29 is 35.6 Å². The van der Waals surface area contributed by atoms with E-state index in [4.69, 9.17) is 17.3 Å². The van der Waals surface area contributed by atoms with Crippen molar-refractivity contribution >= 4 is 39.1 Å². The number of sulfonamides is 1. The van der Waals surface area contributed by atoms with E-state index in [2.05, 4.69) is 0 Å². The molecule has 15 heteroatoms. The molecule has 0 bridgehead atoms. The van der Waals surface area contributed by atoms with Crippen molar-refractivity contribution in [2.75, 3.05) is 50.7 Å². The predicted molar refractivity (Wildman–Crippen MR) is 115 cm³/mol. The lowest BCUT2D eigenvalue weighted by Gasteiger charge is -2.37. The van der Waals surface area contributed by atoms with Gasteiger partial charge in [0, 0.05) is 39.1 Å². The van der Waals surface area contributed by atoms with Crippen LogP contribution >= 0.6 is 11.6 Å². The molecule has 0 radical (unpaired) electrons. The van der Waals surface area contributed by atoms with Crippen molar-refractivity contribution in [3.05, 3.63) is 28.7 Å². The maximum Gasteiger partial charge on any atom is 0.401 e. The molecular weight excluding hydrogens is 506 g/mol. The predicted octanol–water partition coefficient (Wildman–Crippen LogP) is 2.01. The number of anilines is 1. The van der Waals surface area contributed by atoms with Crippen LogP contribution in [0, 0.1) is 5.82 Å². The number of carbonyl (C=O) groups is 2. The summed E-state index contributed by atoms with van der Waals surface area (Å²) in [5.41, 5.74) is 7.50. The molecule has 0 saturated carbocycles. The smallest absolute Gasteiger partial charge is 0.401 e. The number of halogens is 5. The third kappa shape index (κ3) is 6.16. The first-order chi connectivity index (χ1) is 15.8. The van der Waals surface area contributed by atoms with E-state index in [1.807, 2.05) is 4.72 Å². The minimum atomic E-state index is -4.60. The van der Waals surface area contributed by atoms with E-state index >= 15 is 0 Å². The van der Waals surface area contributed by atoms with Gasteiger partial charge in [0.05, 0.1) is 23.3 Å². The van der Waals surface area contributed by atoms with Crippen molar-refractivity contribution in [2.45, 2.75) is 30.0 Å². The molecule has 2 amide bonds. The van der Waals surface area contributed by atoms with Crippen LogP contribution in [0.4, 0.5) is 23.2 Å². The molecule has 2 aliphatic rings. The molecule has 190 valence electrons. The van der Waals surface area contributed by atoms with Gasteiger partial charge in [-0.25, -0.2) is 17.5 Å². The van der Waals surface area contributed by atoms with Crippen LogP contribution in [-0.2, 0) is 19.6 Å². The molecule has 0 aromatic heterocycles. The molecule has 9 nitrogen and oxygen atoms in total. The second-order valence-corrected chi connectivity index (χ2v) is 10.0. The molecule has 1 aromatic carbocycles. The average Bonchev–Trinajstić information content (AvgIpc) is 3.18. The number of alkyl halides is 3. The summed E-state index contributed by atoms with van der Waals surface area (Å²) in [6.45, 7) is -1.86. The molecular formula is C19H23ClF4N5O4S-. The highest BCUT2D eigenvalue weighted by Gasteiger charge is 2.35. The van der Waals surface area contributed by atoms with E-state index in [0.29, 0.717) is 12.5 Å². The fraction of sp³-hybridized carbons (Fsp3) is 0.579. The Kier molecular flexibility index (Phi) is 8.07. The Bertz CT molecular complexity index is 1050. The number of hydrogen-bond acceptors (Lipinski definition) is 5. The van der Waals surface area contributed by atoms with Crippen LogP contribution in [0.15, 0.2) is 17.0 Å². The topological polar surface area (TPSA) is 114 Å². The zero-order valence-electron chi connectivity index (χ0n) is 17.9. The van der Waals surface area contributed by atoms with Gasteiger partial charge in [0.2, 0.25) is 21.8 Å². The number of nitrogens with one attached hydrogen (secondary N) is 2. The van der Waals surface area contributed by atoms with Gasteiger partial charge in [0.1, 0.15) is 10.7 Å². The fourth-order valence-electron chi connectivity index (χ4n) is 3.88. The molecule has 3 rings (SSSR count). The summed E-state index contributed by atoms with van der Waals surface area (Å²) in [4.78, 5) is 27.6. The SMILES string of the molecule is [NH-]C[C@H](NS(=O)(=O)c1cc(F)cc(N2CCCC2=O)c1Cl)C(=O)N1CCN(CC(F)(F)F)CC1. The fourth-order valence-corrected chi connectivity index (χ4v) is 5.69. The van der Waals surface area contributed by atoms with E-state index in [1.165, 1.54) is 9.80 Å². The summed E-state index contributed by atoms with van der Waals surface area (Å²) < 4.78 is 79.9. The summed E-state index contributed by atoms with van der Waals surface area (Å²) in [6, 6.07) is 0.0317. The lowest BCUT2D eigenvalue weighted by molar-refractivity contribution is -0.152. The molecule has 2 aliphatic heterocycles. The van der Waals surface area contributed by atoms with Gasteiger partial charge < -0.3 is 15.5 Å². The maximum absolute atomic E-state index is 14.3. The highest BCUT2D eigenvalue weighted by molar-refractivity contribution is 7.89. The molecule has 2 fully saturated rings. The number of piperazine rings is 1. The Labute approximate surface area is 198 Å². The number of amides is 2. The van der Waals surface area contributed by atoms with Gasteiger partial charge in [-0.3, -0.25) is 14.5 Å². The lowest BCUT2D eigenvalue weighted by Crippen LogP contribution is -2.56. The molecule has 1 aromatic rings. The highest BCUT2D eigenvalue weighted by atomic mass is 35.5. The van der Waals surface area contributed by atoms with Gasteiger partial charge in [0.25, 0.3) is 0 Å². The average molecular weight is 529 g/mol. The minimum Gasteiger partial charge on any atom is -0.676 e. The van der Waals surface area contributed by atoms with Crippen LogP contribution in [0.5, 0.6) is 0 Å². The van der Waals surface area contributed by atoms with Gasteiger partial charge >= 0.3 is 6.18 Å². The minimum absolute atomic E-state index is 0.0638. The first-order valence-corrected chi connectivity index (χ1v) is 12.2. The standard InChI is InChI=1S/C19H23ClF4N5O4S/c20-17-14(29-3-1-2-16(29)30)8-12(21)9-15(17)34(32,33)26-13(10-25)18(31)28-6-4-27(5-7-28)11-19(22,23)24/h8-9,13,25-26H,1-7,10-11H2/q-1/t13-/m0/s1. The molecule has 0 unspecified atom stereocenters. The van der Waals surface area contributed by atoms with Gasteiger partial charge in [-0.05, 0) is 18.6 Å². The van der Waals surface area contributed by atoms with Crippen molar-refractivity contribution in [1.29, 1.82) is 0 Å². The third-order valence-electron chi connectivity index (χ3n) is 5.53. The number of rotatable bonds is 7. The molecule has 0 aliphatic carbocycles. The van der Waals surface area contributed by atoms with Crippen molar-refractivity contribution in [3.8, 4) is 0 Å². The van der Waals surface area contributed by atoms with Crippen LogP contribution in [0.1, 0.15) is 12.8 Å². The van der Waals surface area contributed by atoms with Crippen LogP contribution in [0.3, 0.4) is 0 Å². The number of carbonyl (C=O) groups excluding carboxylic acids is 2. The Morgan fingerprint density at radius 2 is 1.82 bits per heavy atom. The van der Waals surface area contributed by atoms with Crippen molar-refractivity contribution in [3.63, 3.8) is 0 Å². The Morgan fingerprint density at radius 3 is 2.35 bits per heavy atom. The molecule has 2 heterocycles. The van der Waals surface area contributed by atoms with Gasteiger partial charge in [-0.15, -0.1) is 6.54 Å².